The van der Waals surface area contributed by atoms with Crippen molar-refractivity contribution in [1.29, 1.82) is 0 Å². The van der Waals surface area contributed by atoms with Crippen LogP contribution in [0.25, 0.3) is 6.08 Å². The van der Waals surface area contributed by atoms with Crippen molar-refractivity contribution in [3.63, 3.8) is 0 Å². The van der Waals surface area contributed by atoms with Gasteiger partial charge in [-0.15, -0.1) is 0 Å². The lowest BCUT2D eigenvalue weighted by Crippen LogP contribution is -2.51. The summed E-state index contributed by atoms with van der Waals surface area (Å²) in [5.41, 5.74) is 1.62. The zero-order chi connectivity index (χ0) is 24.9. The average molecular weight is 498 g/mol. The monoisotopic (exact) mass is 497 g/mol. The lowest BCUT2D eigenvalue weighted by atomic mass is 10.1. The minimum Gasteiger partial charge on any atom is -0.496 e. The van der Waals surface area contributed by atoms with Crippen LogP contribution < -0.4 is 19.1 Å². The third-order valence-electron chi connectivity index (χ3n) is 5.95. The van der Waals surface area contributed by atoms with Gasteiger partial charge in [-0.1, -0.05) is 18.2 Å². The third kappa shape index (κ3) is 5.22. The first kappa shape index (κ1) is 24.5. The topological polar surface area (TPSA) is 88.6 Å². The van der Waals surface area contributed by atoms with E-state index in [-0.39, 0.29) is 17.4 Å². The van der Waals surface area contributed by atoms with Crippen molar-refractivity contribution in [2.24, 2.45) is 0 Å². The number of anilines is 1. The molecular formula is C25H27N3O6S. The summed E-state index contributed by atoms with van der Waals surface area (Å²) in [5.74, 6) is 0.625. The molecular weight excluding hydrogens is 470 g/mol. The maximum absolute atomic E-state index is 13.0. The zero-order valence-electron chi connectivity index (χ0n) is 19.9. The van der Waals surface area contributed by atoms with Crippen LogP contribution in [0, 0.1) is 0 Å². The van der Waals surface area contributed by atoms with Crippen LogP contribution in [0.3, 0.4) is 0 Å². The number of thioether (sulfide) groups is 1. The number of carbonyl (C=O) groups excluding carboxylic acids is 3. The van der Waals surface area contributed by atoms with Crippen LogP contribution in [-0.2, 0) is 9.59 Å². The quantitative estimate of drug-likeness (QED) is 0.540. The van der Waals surface area contributed by atoms with Crippen LogP contribution in [0.1, 0.15) is 5.56 Å². The van der Waals surface area contributed by atoms with Crippen LogP contribution in [0.5, 0.6) is 17.2 Å². The molecule has 4 rings (SSSR count). The lowest BCUT2D eigenvalue weighted by molar-refractivity contribution is -0.136. The second-order valence-electron chi connectivity index (χ2n) is 7.92. The van der Waals surface area contributed by atoms with Crippen molar-refractivity contribution >= 4 is 40.6 Å². The molecule has 2 aromatic rings. The molecule has 35 heavy (non-hydrogen) atoms. The van der Waals surface area contributed by atoms with Gasteiger partial charge in [0.15, 0.2) is 0 Å². The van der Waals surface area contributed by atoms with E-state index in [2.05, 4.69) is 4.90 Å². The van der Waals surface area contributed by atoms with Crippen molar-refractivity contribution < 1.29 is 28.6 Å². The van der Waals surface area contributed by atoms with Gasteiger partial charge in [0.05, 0.1) is 31.8 Å². The number of carbonyl (C=O) groups is 3. The molecule has 2 fully saturated rings. The Morgan fingerprint density at radius 1 is 0.943 bits per heavy atom. The fraction of sp³-hybridized carbons (Fsp3) is 0.320. The largest absolute Gasteiger partial charge is 0.496 e. The molecule has 2 aliphatic heterocycles. The van der Waals surface area contributed by atoms with E-state index >= 15 is 0 Å². The number of imide groups is 1. The number of hydrogen-bond donors (Lipinski definition) is 0. The molecule has 0 aromatic heterocycles. The van der Waals surface area contributed by atoms with Crippen molar-refractivity contribution in [3.8, 4) is 17.2 Å². The first-order chi connectivity index (χ1) is 16.9. The molecule has 9 nitrogen and oxygen atoms in total. The molecule has 0 atom stereocenters. The molecule has 0 unspecified atom stereocenters. The number of benzene rings is 2. The standard InChI is InChI=1S/C25H27N3O6S/c1-32-18-13-20(33-2)19(21(14-18)34-3)15-22-24(30)28(25(31)35-22)16-23(29)27-11-9-26(10-12-27)17-7-5-4-6-8-17/h4-8,13-15H,9-12,16H2,1-3H3/b22-15+. The number of hydrogen-bond acceptors (Lipinski definition) is 8. The molecule has 3 amide bonds. The normalized spacial score (nSPS) is 17.2. The predicted molar refractivity (Wildman–Crippen MR) is 134 cm³/mol. The van der Waals surface area contributed by atoms with Crippen molar-refractivity contribution in [3.05, 3.63) is 52.9 Å². The van der Waals surface area contributed by atoms with Gasteiger partial charge in [-0.3, -0.25) is 19.3 Å². The van der Waals surface area contributed by atoms with Crippen molar-refractivity contribution in [2.75, 3.05) is 59.0 Å². The predicted octanol–water partition coefficient (Wildman–Crippen LogP) is 3.10. The lowest BCUT2D eigenvalue weighted by Gasteiger charge is -2.36. The third-order valence-corrected chi connectivity index (χ3v) is 6.86. The molecule has 2 saturated heterocycles. The van der Waals surface area contributed by atoms with Gasteiger partial charge in [0.1, 0.15) is 23.8 Å². The Balaban J connectivity index is 1.44. The van der Waals surface area contributed by atoms with Gasteiger partial charge in [0.2, 0.25) is 5.91 Å². The maximum Gasteiger partial charge on any atom is 0.294 e. The van der Waals surface area contributed by atoms with E-state index in [4.69, 9.17) is 14.2 Å². The van der Waals surface area contributed by atoms with E-state index in [0.29, 0.717) is 49.0 Å². The number of piperazine rings is 1. The number of amides is 3. The summed E-state index contributed by atoms with van der Waals surface area (Å²) >= 11 is 0.788. The van der Waals surface area contributed by atoms with Crippen LogP contribution in [0.2, 0.25) is 0 Å². The summed E-state index contributed by atoms with van der Waals surface area (Å²) < 4.78 is 16.1. The molecule has 0 radical (unpaired) electrons. The molecule has 0 bridgehead atoms. The summed E-state index contributed by atoms with van der Waals surface area (Å²) in [5, 5.41) is -0.482. The van der Waals surface area contributed by atoms with Crippen LogP contribution >= 0.6 is 11.8 Å². The molecule has 184 valence electrons. The summed E-state index contributed by atoms with van der Waals surface area (Å²) in [6, 6.07) is 13.3. The van der Waals surface area contributed by atoms with E-state index in [1.807, 2.05) is 30.3 Å². The highest BCUT2D eigenvalue weighted by Crippen LogP contribution is 2.39. The van der Waals surface area contributed by atoms with Gasteiger partial charge < -0.3 is 24.0 Å². The summed E-state index contributed by atoms with van der Waals surface area (Å²) in [7, 11) is 4.51. The SMILES string of the molecule is COc1cc(OC)c(/C=C2/SC(=O)N(CC(=O)N3CCN(c4ccccc4)CC3)C2=O)c(OC)c1. The number of rotatable bonds is 7. The fourth-order valence-electron chi connectivity index (χ4n) is 4.03. The highest BCUT2D eigenvalue weighted by molar-refractivity contribution is 8.18. The van der Waals surface area contributed by atoms with E-state index in [9.17, 15) is 14.4 Å². The first-order valence-corrected chi connectivity index (χ1v) is 11.9. The fourth-order valence-corrected chi connectivity index (χ4v) is 4.85. The number of methoxy groups -OCH3 is 3. The number of nitrogens with zero attached hydrogens (tertiary/aromatic N) is 3. The van der Waals surface area contributed by atoms with Gasteiger partial charge in [-0.25, -0.2) is 0 Å². The molecule has 10 heteroatoms. The van der Waals surface area contributed by atoms with E-state index in [1.54, 1.807) is 23.1 Å². The Bertz CT molecular complexity index is 1120. The Morgan fingerprint density at radius 3 is 2.14 bits per heavy atom. The second kappa shape index (κ2) is 10.7. The Kier molecular flexibility index (Phi) is 7.50. The summed E-state index contributed by atoms with van der Waals surface area (Å²) in [6.45, 7) is 2.15. The number of ether oxygens (including phenoxy) is 3. The zero-order valence-corrected chi connectivity index (χ0v) is 20.7. The van der Waals surface area contributed by atoms with E-state index < -0.39 is 11.1 Å². The highest BCUT2D eigenvalue weighted by atomic mass is 32.2. The molecule has 0 aliphatic carbocycles. The van der Waals surface area contributed by atoms with Gasteiger partial charge in [0.25, 0.3) is 11.1 Å². The average Bonchev–Trinajstić information content (AvgIpc) is 3.16. The first-order valence-electron chi connectivity index (χ1n) is 11.1. The molecule has 0 spiro atoms. The minimum atomic E-state index is -0.517. The second-order valence-corrected chi connectivity index (χ2v) is 8.91. The van der Waals surface area contributed by atoms with Gasteiger partial charge >= 0.3 is 0 Å². The molecule has 2 aromatic carbocycles. The van der Waals surface area contributed by atoms with Gasteiger partial charge in [-0.2, -0.15) is 0 Å². The van der Waals surface area contributed by atoms with E-state index in [1.165, 1.54) is 21.3 Å². The van der Waals surface area contributed by atoms with Crippen LogP contribution in [0.4, 0.5) is 10.5 Å². The minimum absolute atomic E-state index is 0.193. The smallest absolute Gasteiger partial charge is 0.294 e. The molecule has 2 aliphatic rings. The maximum atomic E-state index is 13.0. The van der Waals surface area contributed by atoms with Crippen molar-refractivity contribution in [1.82, 2.24) is 9.80 Å². The van der Waals surface area contributed by atoms with Crippen LogP contribution in [0.15, 0.2) is 47.4 Å². The highest BCUT2D eigenvalue weighted by Gasteiger charge is 2.38. The van der Waals surface area contributed by atoms with Crippen molar-refractivity contribution in [2.45, 2.75) is 0 Å². The van der Waals surface area contributed by atoms with Crippen LogP contribution in [-0.4, -0.2) is 80.9 Å². The molecule has 0 N–H and O–H groups in total. The molecule has 2 heterocycles. The van der Waals surface area contributed by atoms with Gasteiger partial charge in [-0.05, 0) is 30.0 Å². The summed E-state index contributed by atoms with van der Waals surface area (Å²) in [6.07, 6.45) is 1.55. The Hall–Kier alpha value is -3.66. The Labute approximate surface area is 208 Å². The number of para-hydroxylation sites is 1. The molecule has 0 saturated carbocycles. The van der Waals surface area contributed by atoms with E-state index in [0.717, 1.165) is 22.3 Å². The Morgan fingerprint density at radius 2 is 1.57 bits per heavy atom. The van der Waals surface area contributed by atoms with Gasteiger partial charge in [0, 0.05) is 44.0 Å². The summed E-state index contributed by atoms with van der Waals surface area (Å²) in [4.78, 5) is 43.6.